The number of nitrogens with zero attached hydrogens (tertiary/aromatic N) is 3. The van der Waals surface area contributed by atoms with Crippen molar-refractivity contribution < 1.29 is 27.5 Å². The monoisotopic (exact) mass is 447 g/mol. The van der Waals surface area contributed by atoms with Crippen LogP contribution in [0.5, 0.6) is 0 Å². The first-order chi connectivity index (χ1) is 14.7. The van der Waals surface area contributed by atoms with Crippen molar-refractivity contribution in [2.75, 3.05) is 23.0 Å². The number of anilines is 1. The topological polar surface area (TPSA) is 113 Å². The minimum atomic E-state index is -3.20. The predicted molar refractivity (Wildman–Crippen MR) is 113 cm³/mol. The quantitative estimate of drug-likeness (QED) is 0.638. The van der Waals surface area contributed by atoms with Crippen LogP contribution in [-0.2, 0) is 35.4 Å². The van der Waals surface area contributed by atoms with E-state index < -0.39 is 28.0 Å². The van der Waals surface area contributed by atoms with Gasteiger partial charge in [0.2, 0.25) is 5.91 Å². The number of sulfone groups is 1. The Bertz CT molecular complexity index is 1050. The van der Waals surface area contributed by atoms with Gasteiger partial charge in [0, 0.05) is 25.1 Å². The number of esters is 1. The molecule has 3 aliphatic rings. The maximum Gasteiger partial charge on any atom is 0.355 e. The van der Waals surface area contributed by atoms with Gasteiger partial charge in [-0.25, -0.2) is 18.2 Å². The summed E-state index contributed by atoms with van der Waals surface area (Å²) in [6.45, 7) is 2.07. The number of hydrogen-bond acceptors (Lipinski definition) is 7. The van der Waals surface area contributed by atoms with Gasteiger partial charge in [-0.3, -0.25) is 9.59 Å². The predicted octanol–water partition coefficient (Wildman–Crippen LogP) is 1.06. The Balaban J connectivity index is 1.44. The molecule has 0 saturated carbocycles. The second-order valence-electron chi connectivity index (χ2n) is 8.11. The second kappa shape index (κ2) is 8.41. The minimum Gasteiger partial charge on any atom is -0.448 e. The fourth-order valence-corrected chi connectivity index (χ4v) is 5.93. The minimum absolute atomic E-state index is 0.000406. The molecule has 31 heavy (non-hydrogen) atoms. The van der Waals surface area contributed by atoms with Crippen molar-refractivity contribution in [3.8, 4) is 0 Å². The van der Waals surface area contributed by atoms with Gasteiger partial charge in [-0.1, -0.05) is 18.2 Å². The third-order valence-corrected chi connectivity index (χ3v) is 7.61. The van der Waals surface area contributed by atoms with E-state index in [1.54, 1.807) is 4.90 Å². The molecule has 2 amide bonds. The van der Waals surface area contributed by atoms with Gasteiger partial charge in [0.1, 0.15) is 5.71 Å². The van der Waals surface area contributed by atoms with Crippen LogP contribution in [0.15, 0.2) is 29.4 Å². The molecule has 0 radical (unpaired) electrons. The summed E-state index contributed by atoms with van der Waals surface area (Å²) < 4.78 is 28.9. The SMILES string of the molecule is C[C@H](OC(=O)C1=NN([C@H]2CCS(=O)(=O)C2)C(=O)CC1)C(=O)N1CCCc2ccccc21. The molecule has 0 bridgehead atoms. The van der Waals surface area contributed by atoms with E-state index in [1.165, 1.54) is 6.92 Å². The van der Waals surface area contributed by atoms with Crippen molar-refractivity contribution in [1.29, 1.82) is 0 Å². The van der Waals surface area contributed by atoms with Crippen molar-refractivity contribution in [1.82, 2.24) is 5.01 Å². The molecule has 0 N–H and O–H groups in total. The fourth-order valence-electron chi connectivity index (χ4n) is 4.23. The first-order valence-electron chi connectivity index (χ1n) is 10.5. The number of carbonyl (C=O) groups excluding carboxylic acids is 3. The molecule has 1 aromatic rings. The normalized spacial score (nSPS) is 23.7. The number of amides is 2. The Morgan fingerprint density at radius 3 is 2.71 bits per heavy atom. The summed E-state index contributed by atoms with van der Waals surface area (Å²) in [5.41, 5.74) is 1.94. The van der Waals surface area contributed by atoms with E-state index in [1.807, 2.05) is 24.3 Å². The maximum atomic E-state index is 13.0. The van der Waals surface area contributed by atoms with E-state index in [0.29, 0.717) is 13.0 Å². The van der Waals surface area contributed by atoms with Crippen molar-refractivity contribution in [3.63, 3.8) is 0 Å². The summed E-state index contributed by atoms with van der Waals surface area (Å²) in [6.07, 6.45) is 1.15. The number of hydrazone groups is 1. The Morgan fingerprint density at radius 1 is 1.19 bits per heavy atom. The van der Waals surface area contributed by atoms with Crippen LogP contribution in [0.2, 0.25) is 0 Å². The molecule has 0 spiro atoms. The summed E-state index contributed by atoms with van der Waals surface area (Å²) in [4.78, 5) is 39.5. The van der Waals surface area contributed by atoms with E-state index in [0.717, 1.165) is 29.1 Å². The first-order valence-corrected chi connectivity index (χ1v) is 12.3. The molecule has 9 nitrogen and oxygen atoms in total. The van der Waals surface area contributed by atoms with Gasteiger partial charge in [-0.15, -0.1) is 0 Å². The summed E-state index contributed by atoms with van der Waals surface area (Å²) >= 11 is 0. The van der Waals surface area contributed by atoms with Crippen LogP contribution < -0.4 is 4.90 Å². The van der Waals surface area contributed by atoms with Gasteiger partial charge in [-0.05, 0) is 37.8 Å². The molecule has 1 aromatic carbocycles. The van der Waals surface area contributed by atoms with Gasteiger partial charge in [-0.2, -0.15) is 5.10 Å². The zero-order valence-electron chi connectivity index (χ0n) is 17.3. The number of para-hydroxylation sites is 1. The molecule has 10 heteroatoms. The lowest BCUT2D eigenvalue weighted by molar-refractivity contribution is -0.148. The van der Waals surface area contributed by atoms with Crippen molar-refractivity contribution in [2.24, 2.45) is 5.10 Å². The van der Waals surface area contributed by atoms with Gasteiger partial charge >= 0.3 is 5.97 Å². The van der Waals surface area contributed by atoms with Crippen molar-refractivity contribution in [3.05, 3.63) is 29.8 Å². The highest BCUT2D eigenvalue weighted by molar-refractivity contribution is 7.91. The van der Waals surface area contributed by atoms with Crippen LogP contribution in [-0.4, -0.2) is 67.1 Å². The van der Waals surface area contributed by atoms with Gasteiger partial charge in [0.25, 0.3) is 5.91 Å². The van der Waals surface area contributed by atoms with Gasteiger partial charge < -0.3 is 9.64 Å². The van der Waals surface area contributed by atoms with Crippen LogP contribution in [0.4, 0.5) is 5.69 Å². The van der Waals surface area contributed by atoms with Crippen molar-refractivity contribution >= 4 is 39.0 Å². The Kier molecular flexibility index (Phi) is 5.83. The fraction of sp³-hybridized carbons (Fsp3) is 0.524. The second-order valence-corrected chi connectivity index (χ2v) is 10.3. The van der Waals surface area contributed by atoms with Gasteiger partial charge in [0.05, 0.1) is 17.5 Å². The number of benzene rings is 1. The number of ether oxygens (including phenoxy) is 1. The standard InChI is InChI=1S/C21H25N3O6S/c1-14(20(26)23-11-4-6-15-5-2-3-7-18(15)23)30-21(27)17-8-9-19(25)24(22-17)16-10-12-31(28,29)13-16/h2-3,5,7,14,16H,4,6,8-13H2,1H3/t14-,16-/m0/s1. The maximum absolute atomic E-state index is 13.0. The highest BCUT2D eigenvalue weighted by Gasteiger charge is 2.38. The molecule has 3 aliphatic heterocycles. The molecule has 2 atom stereocenters. The molecule has 3 heterocycles. The van der Waals surface area contributed by atoms with E-state index in [4.69, 9.17) is 4.74 Å². The Hall–Kier alpha value is -2.75. The lowest BCUT2D eigenvalue weighted by Crippen LogP contribution is -2.45. The summed E-state index contributed by atoms with van der Waals surface area (Å²) in [7, 11) is -3.20. The smallest absolute Gasteiger partial charge is 0.355 e. The third kappa shape index (κ3) is 4.48. The van der Waals surface area contributed by atoms with Crippen LogP contribution in [0, 0.1) is 0 Å². The van der Waals surface area contributed by atoms with Crippen LogP contribution >= 0.6 is 0 Å². The largest absolute Gasteiger partial charge is 0.448 e. The molecule has 0 aromatic heterocycles. The average molecular weight is 448 g/mol. The molecule has 1 saturated heterocycles. The van der Waals surface area contributed by atoms with Crippen LogP contribution in [0.3, 0.4) is 0 Å². The molecule has 166 valence electrons. The highest BCUT2D eigenvalue weighted by atomic mass is 32.2. The molecule has 0 unspecified atom stereocenters. The molecular weight excluding hydrogens is 422 g/mol. The Morgan fingerprint density at radius 2 is 1.97 bits per heavy atom. The van der Waals surface area contributed by atoms with E-state index in [9.17, 15) is 22.8 Å². The number of fused-ring (bicyclic) bond motifs is 1. The average Bonchev–Trinajstić information content (AvgIpc) is 3.12. The van der Waals surface area contributed by atoms with Crippen molar-refractivity contribution in [2.45, 2.75) is 51.2 Å². The van der Waals surface area contributed by atoms with E-state index in [-0.39, 0.29) is 41.9 Å². The molecule has 4 rings (SSSR count). The summed E-state index contributed by atoms with van der Waals surface area (Å²) in [5, 5.41) is 5.22. The van der Waals surface area contributed by atoms with Crippen LogP contribution in [0.25, 0.3) is 0 Å². The molecule has 1 fully saturated rings. The third-order valence-electron chi connectivity index (χ3n) is 5.86. The summed E-state index contributed by atoms with van der Waals surface area (Å²) in [6, 6.07) is 7.10. The number of aryl methyl sites for hydroxylation is 1. The summed E-state index contributed by atoms with van der Waals surface area (Å²) in [5.74, 6) is -1.54. The number of carbonyl (C=O) groups is 3. The van der Waals surface area contributed by atoms with E-state index >= 15 is 0 Å². The van der Waals surface area contributed by atoms with Gasteiger partial charge in [0.15, 0.2) is 15.9 Å². The zero-order chi connectivity index (χ0) is 22.2. The lowest BCUT2D eigenvalue weighted by Gasteiger charge is -2.31. The first kappa shape index (κ1) is 21.5. The van der Waals surface area contributed by atoms with Crippen LogP contribution in [0.1, 0.15) is 38.2 Å². The number of hydrogen-bond donors (Lipinski definition) is 0. The number of rotatable bonds is 4. The Labute approximate surface area is 180 Å². The van der Waals surface area contributed by atoms with E-state index in [2.05, 4.69) is 5.10 Å². The molecule has 0 aliphatic carbocycles. The molecular formula is C21H25N3O6S. The lowest BCUT2D eigenvalue weighted by atomic mass is 10.0. The highest BCUT2D eigenvalue weighted by Crippen LogP contribution is 2.28. The zero-order valence-corrected chi connectivity index (χ0v) is 18.1.